The van der Waals surface area contributed by atoms with Crippen LogP contribution in [0.15, 0.2) is 12.2 Å². The molecule has 0 aromatic rings. The molecule has 0 bridgehead atoms. The van der Waals surface area contributed by atoms with Gasteiger partial charge in [0.2, 0.25) is 5.91 Å². The first-order valence-corrected chi connectivity index (χ1v) is 27.9. The molecular weight excluding hydrogens is 767 g/mol. The van der Waals surface area contributed by atoms with Crippen LogP contribution in [0.3, 0.4) is 0 Å². The summed E-state index contributed by atoms with van der Waals surface area (Å²) in [6, 6.07) is -0.704. The minimum absolute atomic E-state index is 0.0641. The highest BCUT2D eigenvalue weighted by Crippen LogP contribution is 2.18. The largest absolute Gasteiger partial charge is 0.462 e. The molecule has 0 saturated carbocycles. The molecule has 0 aliphatic rings. The fourth-order valence-corrected chi connectivity index (χ4v) is 8.85. The molecule has 3 atom stereocenters. The summed E-state index contributed by atoms with van der Waals surface area (Å²) < 4.78 is 5.93. The summed E-state index contributed by atoms with van der Waals surface area (Å²) in [5.41, 5.74) is 0. The number of aliphatic hydroxyl groups is 2. The van der Waals surface area contributed by atoms with E-state index in [9.17, 15) is 19.8 Å². The molecule has 0 radical (unpaired) electrons. The Bertz CT molecular complexity index is 939. The maximum absolute atomic E-state index is 13.2. The highest BCUT2D eigenvalue weighted by molar-refractivity contribution is 5.77. The Balaban J connectivity index is 4.48. The van der Waals surface area contributed by atoms with Crippen molar-refractivity contribution in [2.24, 2.45) is 0 Å². The lowest BCUT2D eigenvalue weighted by Gasteiger charge is -2.24. The van der Waals surface area contributed by atoms with Crippen molar-refractivity contribution in [3.05, 3.63) is 12.2 Å². The zero-order valence-electron chi connectivity index (χ0n) is 42.0. The van der Waals surface area contributed by atoms with Crippen molar-refractivity contribution in [2.45, 2.75) is 328 Å². The molecule has 0 saturated heterocycles. The zero-order valence-corrected chi connectivity index (χ0v) is 42.0. The van der Waals surface area contributed by atoms with E-state index >= 15 is 0 Å². The van der Waals surface area contributed by atoms with Gasteiger partial charge in [-0.05, 0) is 44.9 Å². The van der Waals surface area contributed by atoms with Crippen LogP contribution in [0, 0.1) is 0 Å². The number of nitrogens with one attached hydrogen (secondary N) is 1. The van der Waals surface area contributed by atoms with Crippen LogP contribution in [-0.4, -0.2) is 46.9 Å². The van der Waals surface area contributed by atoms with Crippen LogP contribution in [0.2, 0.25) is 0 Å². The summed E-state index contributed by atoms with van der Waals surface area (Å²) in [5, 5.41) is 23.8. The average Bonchev–Trinajstić information content (AvgIpc) is 3.26. The van der Waals surface area contributed by atoms with Crippen molar-refractivity contribution in [3.8, 4) is 0 Å². The summed E-state index contributed by atoms with van der Waals surface area (Å²) in [5.74, 6) is -0.483. The Hall–Kier alpha value is -1.40. The third kappa shape index (κ3) is 45.2. The minimum Gasteiger partial charge on any atom is -0.462 e. The molecule has 0 aliphatic heterocycles. The van der Waals surface area contributed by atoms with Crippen LogP contribution in [0.1, 0.15) is 310 Å². The molecule has 3 N–H and O–H groups in total. The van der Waals surface area contributed by atoms with Gasteiger partial charge in [-0.15, -0.1) is 0 Å². The third-order valence-electron chi connectivity index (χ3n) is 13.1. The smallest absolute Gasteiger partial charge is 0.306 e. The van der Waals surface area contributed by atoms with Gasteiger partial charge in [-0.3, -0.25) is 9.59 Å². The Kier molecular flexibility index (Phi) is 49.5. The van der Waals surface area contributed by atoms with E-state index in [1.165, 1.54) is 212 Å². The Morgan fingerprint density at radius 1 is 0.452 bits per heavy atom. The molecule has 6 nitrogen and oxygen atoms in total. The first kappa shape index (κ1) is 60.6. The van der Waals surface area contributed by atoms with Crippen LogP contribution >= 0.6 is 0 Å². The number of aliphatic hydroxyl groups excluding tert-OH is 2. The number of carbonyl (C=O) groups is 2. The van der Waals surface area contributed by atoms with Crippen LogP contribution < -0.4 is 5.32 Å². The molecular formula is C56H109NO5. The maximum Gasteiger partial charge on any atom is 0.306 e. The average molecular weight is 876 g/mol. The van der Waals surface area contributed by atoms with Gasteiger partial charge in [-0.2, -0.15) is 0 Å². The predicted molar refractivity (Wildman–Crippen MR) is 269 cm³/mol. The SMILES string of the molecule is CCCCCCCCC/C=C\CCCC(CC(=O)NC(CO)C(O)CCCCCCCCCCCCCCCCCC)OC(=O)CCCCCCCCCCCCCCCCC. The molecule has 0 aliphatic carbocycles. The Morgan fingerprint density at radius 2 is 0.790 bits per heavy atom. The van der Waals surface area contributed by atoms with Gasteiger partial charge in [0.25, 0.3) is 0 Å². The van der Waals surface area contributed by atoms with E-state index in [4.69, 9.17) is 4.74 Å². The van der Waals surface area contributed by atoms with Crippen molar-refractivity contribution in [1.29, 1.82) is 0 Å². The van der Waals surface area contributed by atoms with Gasteiger partial charge in [0.1, 0.15) is 6.10 Å². The van der Waals surface area contributed by atoms with Gasteiger partial charge in [-0.1, -0.05) is 264 Å². The molecule has 368 valence electrons. The van der Waals surface area contributed by atoms with Crippen LogP contribution in [0.25, 0.3) is 0 Å². The van der Waals surface area contributed by atoms with Crippen LogP contribution in [0.5, 0.6) is 0 Å². The highest BCUT2D eigenvalue weighted by atomic mass is 16.5. The van der Waals surface area contributed by atoms with Gasteiger partial charge in [-0.25, -0.2) is 0 Å². The predicted octanol–water partition coefficient (Wildman–Crippen LogP) is 16.9. The van der Waals surface area contributed by atoms with Crippen LogP contribution in [0.4, 0.5) is 0 Å². The van der Waals surface area contributed by atoms with Gasteiger partial charge in [0, 0.05) is 6.42 Å². The number of carbonyl (C=O) groups excluding carboxylic acids is 2. The van der Waals surface area contributed by atoms with E-state index in [0.29, 0.717) is 19.3 Å². The summed E-state index contributed by atoms with van der Waals surface area (Å²) in [6.07, 6.45) is 57.1. The standard InChI is InChI=1S/C56H109NO5/c1-4-7-10-13-16-19-22-25-27-29-30-33-36-39-42-45-48-54(59)53(51-58)57-55(60)50-52(47-44-41-38-35-32-24-21-18-15-12-9-6-3)62-56(61)49-46-43-40-37-34-31-28-26-23-20-17-14-11-8-5-2/h35,38,52-54,58-59H,4-34,36-37,39-51H2,1-3H3,(H,57,60)/b38-35-. The molecule has 0 spiro atoms. The van der Waals surface area contributed by atoms with E-state index in [-0.39, 0.29) is 24.9 Å². The lowest BCUT2D eigenvalue weighted by atomic mass is 10.0. The fraction of sp³-hybridized carbons (Fsp3) is 0.929. The number of rotatable bonds is 51. The van der Waals surface area contributed by atoms with E-state index in [0.717, 1.165) is 51.4 Å². The maximum atomic E-state index is 13.2. The lowest BCUT2D eigenvalue weighted by Crippen LogP contribution is -2.46. The van der Waals surface area contributed by atoms with E-state index < -0.39 is 18.2 Å². The molecule has 0 fully saturated rings. The quantitative estimate of drug-likeness (QED) is 0.0321. The molecule has 6 heteroatoms. The third-order valence-corrected chi connectivity index (χ3v) is 13.1. The summed E-state index contributed by atoms with van der Waals surface area (Å²) in [4.78, 5) is 26.2. The number of allylic oxidation sites excluding steroid dienone is 2. The number of hydrogen-bond acceptors (Lipinski definition) is 5. The zero-order chi connectivity index (χ0) is 45.2. The second-order valence-corrected chi connectivity index (χ2v) is 19.3. The molecule has 0 rings (SSSR count). The van der Waals surface area contributed by atoms with E-state index in [1.54, 1.807) is 0 Å². The van der Waals surface area contributed by atoms with Crippen molar-refractivity contribution in [2.75, 3.05) is 6.61 Å². The monoisotopic (exact) mass is 876 g/mol. The molecule has 0 aromatic carbocycles. The Morgan fingerprint density at radius 3 is 1.18 bits per heavy atom. The van der Waals surface area contributed by atoms with Crippen LogP contribution in [-0.2, 0) is 14.3 Å². The fourth-order valence-electron chi connectivity index (χ4n) is 8.85. The number of unbranched alkanes of at least 4 members (excludes halogenated alkanes) is 37. The van der Waals surface area contributed by atoms with Gasteiger partial charge in [0.15, 0.2) is 0 Å². The molecule has 0 heterocycles. The van der Waals surface area contributed by atoms with Crippen molar-refractivity contribution < 1.29 is 24.5 Å². The number of ether oxygens (including phenoxy) is 1. The number of hydrogen-bond donors (Lipinski definition) is 3. The van der Waals surface area contributed by atoms with E-state index in [1.807, 2.05) is 0 Å². The number of esters is 1. The highest BCUT2D eigenvalue weighted by Gasteiger charge is 2.24. The first-order valence-electron chi connectivity index (χ1n) is 27.9. The van der Waals surface area contributed by atoms with E-state index in [2.05, 4.69) is 38.2 Å². The van der Waals surface area contributed by atoms with Crippen molar-refractivity contribution in [1.82, 2.24) is 5.32 Å². The molecule has 1 amide bonds. The summed E-state index contributed by atoms with van der Waals surface area (Å²) >= 11 is 0. The first-order chi connectivity index (χ1) is 30.5. The molecule has 3 unspecified atom stereocenters. The lowest BCUT2D eigenvalue weighted by molar-refractivity contribution is -0.151. The minimum atomic E-state index is -0.789. The summed E-state index contributed by atoms with van der Waals surface area (Å²) in [7, 11) is 0. The van der Waals surface area contributed by atoms with Crippen molar-refractivity contribution >= 4 is 11.9 Å². The van der Waals surface area contributed by atoms with Gasteiger partial charge in [0.05, 0.1) is 25.2 Å². The number of amides is 1. The van der Waals surface area contributed by atoms with Crippen molar-refractivity contribution in [3.63, 3.8) is 0 Å². The topological polar surface area (TPSA) is 95.9 Å². The Labute approximate surface area is 387 Å². The van der Waals surface area contributed by atoms with Gasteiger partial charge < -0.3 is 20.3 Å². The normalized spacial score (nSPS) is 13.2. The molecule has 0 aromatic heterocycles. The second kappa shape index (κ2) is 50.6. The molecule has 62 heavy (non-hydrogen) atoms. The second-order valence-electron chi connectivity index (χ2n) is 19.3. The summed E-state index contributed by atoms with van der Waals surface area (Å²) in [6.45, 7) is 6.51. The van der Waals surface area contributed by atoms with Gasteiger partial charge >= 0.3 is 5.97 Å².